The van der Waals surface area contributed by atoms with Crippen LogP contribution in [0.3, 0.4) is 0 Å². The van der Waals surface area contributed by atoms with Gasteiger partial charge in [0.1, 0.15) is 12.4 Å². The molecular weight excluding hydrogens is 342 g/mol. The van der Waals surface area contributed by atoms with Gasteiger partial charge >= 0.3 is 0 Å². The summed E-state index contributed by atoms with van der Waals surface area (Å²) in [6.45, 7) is 15.0. The number of benzene rings is 3. The summed E-state index contributed by atoms with van der Waals surface area (Å²) < 4.78 is 5.77. The summed E-state index contributed by atoms with van der Waals surface area (Å²) >= 11 is 0. The van der Waals surface area contributed by atoms with Crippen molar-refractivity contribution in [3.05, 3.63) is 95.1 Å². The molecule has 28 heavy (non-hydrogen) atoms. The summed E-state index contributed by atoms with van der Waals surface area (Å²) in [5.41, 5.74) is 9.59. The lowest BCUT2D eigenvalue weighted by molar-refractivity contribution is 0.353. The molecular formula is C26H29NO. The third-order valence-corrected chi connectivity index (χ3v) is 5.08. The summed E-state index contributed by atoms with van der Waals surface area (Å²) in [6, 6.07) is 21.5. The topological polar surface area (TPSA) is 12.5 Å². The third kappa shape index (κ3) is 4.45. The standard InChI is InChI=1S/C26H29NO/c1-18(2)17-28-26-13-11-23(12-14-26)27(24-9-7-19(3)21(5)15-24)25-10-8-20(4)22(6)16-25/h7-16H,1,17H2,2-6H3. The minimum atomic E-state index is 0.539. The minimum Gasteiger partial charge on any atom is -0.489 e. The summed E-state index contributed by atoms with van der Waals surface area (Å²) in [6.07, 6.45) is 0. The normalized spacial score (nSPS) is 10.6. The molecule has 0 aliphatic carbocycles. The molecule has 0 saturated carbocycles. The Morgan fingerprint density at radius 3 is 1.61 bits per heavy atom. The van der Waals surface area contributed by atoms with E-state index in [-0.39, 0.29) is 0 Å². The average molecular weight is 372 g/mol. The van der Waals surface area contributed by atoms with Crippen molar-refractivity contribution in [2.24, 2.45) is 0 Å². The molecule has 0 fully saturated rings. The molecule has 0 aromatic heterocycles. The van der Waals surface area contributed by atoms with Crippen molar-refractivity contribution in [2.45, 2.75) is 34.6 Å². The molecule has 0 aliphatic rings. The van der Waals surface area contributed by atoms with Crippen molar-refractivity contribution < 1.29 is 4.74 Å². The van der Waals surface area contributed by atoms with Gasteiger partial charge in [-0.15, -0.1) is 0 Å². The maximum atomic E-state index is 5.77. The number of hydrogen-bond acceptors (Lipinski definition) is 2. The zero-order chi connectivity index (χ0) is 20.3. The molecule has 0 spiro atoms. The molecule has 0 unspecified atom stereocenters. The van der Waals surface area contributed by atoms with Gasteiger partial charge in [-0.2, -0.15) is 0 Å². The van der Waals surface area contributed by atoms with Crippen molar-refractivity contribution in [3.63, 3.8) is 0 Å². The lowest BCUT2D eigenvalue weighted by Crippen LogP contribution is -2.11. The number of aryl methyl sites for hydroxylation is 4. The Hall–Kier alpha value is -3.00. The number of anilines is 3. The Balaban J connectivity index is 2.04. The zero-order valence-electron chi connectivity index (χ0n) is 17.5. The number of ether oxygens (including phenoxy) is 1. The van der Waals surface area contributed by atoms with Gasteiger partial charge in [0.05, 0.1) is 0 Å². The van der Waals surface area contributed by atoms with Crippen LogP contribution < -0.4 is 9.64 Å². The van der Waals surface area contributed by atoms with Gasteiger partial charge in [-0.1, -0.05) is 18.7 Å². The fourth-order valence-corrected chi connectivity index (χ4v) is 3.07. The molecule has 3 aromatic rings. The fraction of sp³-hybridized carbons (Fsp3) is 0.231. The van der Waals surface area contributed by atoms with Crippen molar-refractivity contribution in [1.82, 2.24) is 0 Å². The largest absolute Gasteiger partial charge is 0.489 e. The highest BCUT2D eigenvalue weighted by molar-refractivity contribution is 5.77. The van der Waals surface area contributed by atoms with Gasteiger partial charge in [0.25, 0.3) is 0 Å². The molecule has 0 bridgehead atoms. The van der Waals surface area contributed by atoms with Gasteiger partial charge in [0.2, 0.25) is 0 Å². The lowest BCUT2D eigenvalue weighted by Gasteiger charge is -2.27. The van der Waals surface area contributed by atoms with E-state index in [0.29, 0.717) is 6.61 Å². The van der Waals surface area contributed by atoms with E-state index >= 15 is 0 Å². The van der Waals surface area contributed by atoms with E-state index in [1.165, 1.54) is 22.3 Å². The lowest BCUT2D eigenvalue weighted by atomic mass is 10.1. The highest BCUT2D eigenvalue weighted by atomic mass is 16.5. The van der Waals surface area contributed by atoms with E-state index in [1.807, 2.05) is 19.1 Å². The van der Waals surface area contributed by atoms with Crippen LogP contribution in [0.2, 0.25) is 0 Å². The SMILES string of the molecule is C=C(C)COc1ccc(N(c2ccc(C)c(C)c2)c2ccc(C)c(C)c2)cc1. The molecule has 144 valence electrons. The molecule has 3 rings (SSSR count). The highest BCUT2D eigenvalue weighted by Crippen LogP contribution is 2.36. The molecule has 3 aromatic carbocycles. The van der Waals surface area contributed by atoms with E-state index in [1.54, 1.807) is 0 Å². The first-order valence-electron chi connectivity index (χ1n) is 9.67. The van der Waals surface area contributed by atoms with Gasteiger partial charge in [-0.3, -0.25) is 0 Å². The molecule has 2 nitrogen and oxygen atoms in total. The van der Waals surface area contributed by atoms with E-state index in [0.717, 1.165) is 28.4 Å². The summed E-state index contributed by atoms with van der Waals surface area (Å²) in [5, 5.41) is 0. The van der Waals surface area contributed by atoms with Crippen LogP contribution in [0.15, 0.2) is 72.8 Å². The van der Waals surface area contributed by atoms with Crippen molar-refractivity contribution in [2.75, 3.05) is 11.5 Å². The van der Waals surface area contributed by atoms with Crippen LogP contribution in [0.5, 0.6) is 5.75 Å². The molecule has 0 amide bonds. The van der Waals surface area contributed by atoms with Gasteiger partial charge in [-0.25, -0.2) is 0 Å². The predicted molar refractivity (Wildman–Crippen MR) is 120 cm³/mol. The van der Waals surface area contributed by atoms with Crippen molar-refractivity contribution in [3.8, 4) is 5.75 Å². The van der Waals surface area contributed by atoms with Gasteiger partial charge < -0.3 is 9.64 Å². The van der Waals surface area contributed by atoms with E-state index < -0.39 is 0 Å². The summed E-state index contributed by atoms with van der Waals surface area (Å²) in [4.78, 5) is 2.29. The Bertz CT molecular complexity index is 934. The molecule has 0 N–H and O–H groups in total. The van der Waals surface area contributed by atoms with E-state index in [2.05, 4.69) is 87.7 Å². The first kappa shape index (κ1) is 19.8. The molecule has 0 atom stereocenters. The Labute approximate surface area is 169 Å². The third-order valence-electron chi connectivity index (χ3n) is 5.08. The predicted octanol–water partition coefficient (Wildman–Crippen LogP) is 7.34. The van der Waals surface area contributed by atoms with Gasteiger partial charge in [0.15, 0.2) is 0 Å². The highest BCUT2D eigenvalue weighted by Gasteiger charge is 2.14. The second-order valence-electron chi connectivity index (χ2n) is 7.61. The Kier molecular flexibility index (Phi) is 5.89. The second kappa shape index (κ2) is 8.35. The van der Waals surface area contributed by atoms with Crippen LogP contribution in [0.1, 0.15) is 29.2 Å². The Morgan fingerprint density at radius 2 is 1.18 bits per heavy atom. The summed E-state index contributed by atoms with van der Waals surface area (Å²) in [5.74, 6) is 0.854. The van der Waals surface area contributed by atoms with Crippen LogP contribution in [0, 0.1) is 27.7 Å². The van der Waals surface area contributed by atoms with Crippen molar-refractivity contribution in [1.29, 1.82) is 0 Å². The fourth-order valence-electron chi connectivity index (χ4n) is 3.07. The number of nitrogens with zero attached hydrogens (tertiary/aromatic N) is 1. The minimum absolute atomic E-state index is 0.539. The second-order valence-corrected chi connectivity index (χ2v) is 7.61. The molecule has 2 heteroatoms. The van der Waals surface area contributed by atoms with Crippen LogP contribution in [-0.4, -0.2) is 6.61 Å². The van der Waals surface area contributed by atoms with Gasteiger partial charge in [0, 0.05) is 17.1 Å². The first-order chi connectivity index (χ1) is 13.3. The number of hydrogen-bond donors (Lipinski definition) is 0. The van der Waals surface area contributed by atoms with Crippen LogP contribution in [0.25, 0.3) is 0 Å². The molecule has 0 heterocycles. The Morgan fingerprint density at radius 1 is 0.714 bits per heavy atom. The van der Waals surface area contributed by atoms with E-state index in [9.17, 15) is 0 Å². The quantitative estimate of drug-likeness (QED) is 0.420. The zero-order valence-corrected chi connectivity index (χ0v) is 17.5. The number of rotatable bonds is 6. The van der Waals surface area contributed by atoms with Crippen LogP contribution in [-0.2, 0) is 0 Å². The molecule has 0 saturated heterocycles. The smallest absolute Gasteiger partial charge is 0.119 e. The molecule has 0 radical (unpaired) electrons. The van der Waals surface area contributed by atoms with Crippen molar-refractivity contribution >= 4 is 17.1 Å². The van der Waals surface area contributed by atoms with Crippen LogP contribution >= 0.6 is 0 Å². The monoisotopic (exact) mass is 371 g/mol. The maximum Gasteiger partial charge on any atom is 0.119 e. The first-order valence-corrected chi connectivity index (χ1v) is 9.67. The van der Waals surface area contributed by atoms with Gasteiger partial charge in [-0.05, 0) is 111 Å². The summed E-state index contributed by atoms with van der Waals surface area (Å²) in [7, 11) is 0. The average Bonchev–Trinajstić information content (AvgIpc) is 2.67. The van der Waals surface area contributed by atoms with E-state index in [4.69, 9.17) is 4.74 Å². The van der Waals surface area contributed by atoms with Crippen LogP contribution in [0.4, 0.5) is 17.1 Å². The maximum absolute atomic E-state index is 5.77. The molecule has 0 aliphatic heterocycles.